The molecule has 0 radical (unpaired) electrons. The molecule has 26 valence electrons. The van der Waals surface area contributed by atoms with Crippen LogP contribution in [-0.2, 0) is 19.5 Å². The third-order valence-corrected chi connectivity index (χ3v) is 0. The fourth-order valence-electron chi connectivity index (χ4n) is 0. The first-order chi connectivity index (χ1) is 0. The van der Waals surface area contributed by atoms with Crippen LogP contribution in [0.2, 0.25) is 0 Å². The summed E-state index contributed by atoms with van der Waals surface area (Å²) in [5, 5.41) is 0. The van der Waals surface area contributed by atoms with Gasteiger partial charge in [-0.1, -0.05) is 0 Å². The largest absolute Gasteiger partial charge is 0.412 e. The zero-order chi connectivity index (χ0) is 0. The van der Waals surface area contributed by atoms with Gasteiger partial charge in [-0.15, -0.1) is 0 Å². The van der Waals surface area contributed by atoms with E-state index in [1.807, 2.05) is 0 Å². The first-order valence-electron chi connectivity index (χ1n) is 0. The first-order valence-corrected chi connectivity index (χ1v) is 0. The Morgan fingerprint density at radius 1 is 1.00 bits per heavy atom. The molecule has 0 saturated heterocycles. The number of rotatable bonds is 0. The minimum atomic E-state index is 0. The van der Waals surface area contributed by atoms with Crippen LogP contribution in [0.3, 0.4) is 0 Å². The summed E-state index contributed by atoms with van der Waals surface area (Å²) >= 11 is 0. The molecule has 0 amide bonds. The zero-order valence-electron chi connectivity index (χ0n) is 2.62. The molecule has 0 rings (SSSR count). The van der Waals surface area contributed by atoms with Crippen molar-refractivity contribution in [3.05, 3.63) is 0 Å². The molecule has 0 heterocycles. The van der Waals surface area contributed by atoms with Gasteiger partial charge in [0.15, 0.2) is 0 Å². The molecule has 0 aromatic carbocycles. The van der Waals surface area contributed by atoms with Crippen LogP contribution < -0.4 is 6.15 Å². The molecule has 5 N–H and O–H groups in total. The van der Waals surface area contributed by atoms with E-state index in [0.29, 0.717) is 0 Å². The molecule has 2 nitrogen and oxygen atoms in total. The van der Waals surface area contributed by atoms with Gasteiger partial charge in [-0.05, 0) is 0 Å². The maximum absolute atomic E-state index is 0. The molecule has 1 unspecified atom stereocenters. The predicted octanol–water partition coefficient (Wildman–Crippen LogP) is -0.607. The minimum Gasteiger partial charge on any atom is -0.412 e. The Labute approximate surface area is 41.6 Å². The van der Waals surface area contributed by atoms with E-state index in [4.69, 9.17) is 0 Å². The second kappa shape index (κ2) is 37.1. The van der Waals surface area contributed by atoms with Crippen LogP contribution in [0.5, 0.6) is 0 Å². The van der Waals surface area contributed by atoms with Crippen molar-refractivity contribution in [2.75, 3.05) is 0 Å². The van der Waals surface area contributed by atoms with Crippen molar-refractivity contribution >= 4 is 9.90 Å². The van der Waals surface area contributed by atoms with Gasteiger partial charge in [0.25, 0.3) is 0 Å². The molecule has 4 heteroatoms. The molecule has 0 saturated carbocycles. The van der Waals surface area contributed by atoms with Crippen LogP contribution in [0.4, 0.5) is 0 Å². The van der Waals surface area contributed by atoms with E-state index in [0.717, 1.165) is 0 Å². The van der Waals surface area contributed by atoms with Gasteiger partial charge in [0.05, 0.1) is 0 Å². The van der Waals surface area contributed by atoms with E-state index >= 15 is 0 Å². The van der Waals surface area contributed by atoms with Gasteiger partial charge in [0.1, 0.15) is 0 Å². The van der Waals surface area contributed by atoms with E-state index in [1.165, 1.54) is 0 Å². The van der Waals surface area contributed by atoms with Crippen molar-refractivity contribution < 1.29 is 25.0 Å². The molecule has 0 aliphatic carbocycles. The Hall–Kier alpha value is 0.973. The number of hydrogen-bond acceptors (Lipinski definition) is 1. The molecule has 4 heavy (non-hydrogen) atoms. The van der Waals surface area contributed by atoms with E-state index in [2.05, 4.69) is 0 Å². The van der Waals surface area contributed by atoms with Gasteiger partial charge in [0, 0.05) is 19.5 Å². The van der Waals surface area contributed by atoms with Gasteiger partial charge in [0.2, 0.25) is 0 Å². The summed E-state index contributed by atoms with van der Waals surface area (Å²) in [4.78, 5) is 0. The van der Waals surface area contributed by atoms with Crippen LogP contribution in [0, 0.1) is 0 Å². The summed E-state index contributed by atoms with van der Waals surface area (Å²) in [5.41, 5.74) is 0. The average Bonchev–Trinajstić information content (AvgIpc) is 0. The summed E-state index contributed by atoms with van der Waals surface area (Å²) < 4.78 is 0. The van der Waals surface area contributed by atoms with E-state index in [1.54, 1.807) is 0 Å². The fourth-order valence-corrected chi connectivity index (χ4v) is 0. The summed E-state index contributed by atoms with van der Waals surface area (Å²) in [7, 11) is 0. The van der Waals surface area contributed by atoms with Gasteiger partial charge >= 0.3 is 0 Å². The molecule has 0 fully saturated rings. The third kappa shape index (κ3) is 12.2. The Bertz CT molecular complexity index is 8.00. The van der Waals surface area contributed by atoms with Crippen LogP contribution in [0.1, 0.15) is 0 Å². The maximum atomic E-state index is 0. The molecule has 0 spiro atoms. The van der Waals surface area contributed by atoms with Crippen molar-refractivity contribution in [1.29, 1.82) is 0 Å². The molecular formula is H8NOPZn. The van der Waals surface area contributed by atoms with E-state index in [9.17, 15) is 0 Å². The summed E-state index contributed by atoms with van der Waals surface area (Å²) in [6.45, 7) is 0. The van der Waals surface area contributed by atoms with Crippen LogP contribution in [0.15, 0.2) is 0 Å². The standard InChI is InChI=1S/H3N.H2O.H3P.Zn/h1H3;1H2;1H3;. The fraction of sp³-hybridized carbons (Fsp3) is 0. The Morgan fingerprint density at radius 3 is 1.00 bits per heavy atom. The van der Waals surface area contributed by atoms with E-state index in [-0.39, 0.29) is 41.0 Å². The molecule has 0 aliphatic heterocycles. The zero-order valence-corrected chi connectivity index (χ0v) is 7.00. The molecule has 1 atom stereocenters. The number of hydrogen-bond donors (Lipinski definition) is 1. The van der Waals surface area contributed by atoms with Crippen molar-refractivity contribution in [2.45, 2.75) is 0 Å². The topological polar surface area (TPSA) is 66.5 Å². The summed E-state index contributed by atoms with van der Waals surface area (Å²) in [6.07, 6.45) is 0. The van der Waals surface area contributed by atoms with E-state index < -0.39 is 0 Å². The predicted molar refractivity (Wildman–Crippen MR) is 19.7 cm³/mol. The molecular weight excluding hydrogens is 126 g/mol. The minimum absolute atomic E-state index is 0. The van der Waals surface area contributed by atoms with Gasteiger partial charge in [-0.25, -0.2) is 0 Å². The normalized spacial score (nSPS) is 0. The van der Waals surface area contributed by atoms with Crippen molar-refractivity contribution in [3.63, 3.8) is 0 Å². The average molecular weight is 134 g/mol. The van der Waals surface area contributed by atoms with Crippen molar-refractivity contribution in [2.24, 2.45) is 0 Å². The van der Waals surface area contributed by atoms with Crippen LogP contribution >= 0.6 is 9.90 Å². The maximum Gasteiger partial charge on any atom is 0 e. The second-order valence-electron chi connectivity index (χ2n) is 0. The van der Waals surface area contributed by atoms with Crippen LogP contribution in [0.25, 0.3) is 0 Å². The summed E-state index contributed by atoms with van der Waals surface area (Å²) in [5.74, 6) is 0. The van der Waals surface area contributed by atoms with Gasteiger partial charge in [-0.2, -0.15) is 9.90 Å². The summed E-state index contributed by atoms with van der Waals surface area (Å²) in [6, 6.07) is 0. The Morgan fingerprint density at radius 2 is 1.00 bits per heavy atom. The molecule has 0 aromatic heterocycles. The smallest absolute Gasteiger partial charge is 0 e. The van der Waals surface area contributed by atoms with Crippen molar-refractivity contribution in [1.82, 2.24) is 6.15 Å². The first kappa shape index (κ1) is 82.9. The third-order valence-electron chi connectivity index (χ3n) is 0. The quantitative estimate of drug-likeness (QED) is 0.349. The van der Waals surface area contributed by atoms with Crippen LogP contribution in [-0.4, -0.2) is 5.48 Å². The Balaban J connectivity index is 0. The molecule has 0 bridgehead atoms. The Kier molecular flexibility index (Phi) is 768. The second-order valence-corrected chi connectivity index (χ2v) is 0. The van der Waals surface area contributed by atoms with Crippen molar-refractivity contribution in [3.8, 4) is 0 Å². The SMILES string of the molecule is N.O.P.[Zn]. The molecule has 0 aliphatic rings. The van der Waals surface area contributed by atoms with Gasteiger partial charge in [-0.3, -0.25) is 0 Å². The van der Waals surface area contributed by atoms with Gasteiger partial charge < -0.3 is 11.6 Å². The molecule has 0 aromatic rings. The monoisotopic (exact) mass is 133 g/mol.